The molecule has 0 aromatic heterocycles. The summed E-state index contributed by atoms with van der Waals surface area (Å²) in [5, 5.41) is 3.12. The fourth-order valence-corrected chi connectivity index (χ4v) is 4.24. The molecule has 0 saturated heterocycles. The van der Waals surface area contributed by atoms with Gasteiger partial charge in [-0.05, 0) is 42.7 Å². The molecule has 2 aliphatic carbocycles. The predicted molar refractivity (Wildman–Crippen MR) is 84.0 cm³/mol. The molecule has 114 valence electrons. The van der Waals surface area contributed by atoms with Crippen LogP contribution in [0.4, 0.5) is 5.69 Å². The van der Waals surface area contributed by atoms with Crippen molar-refractivity contribution in [3.8, 4) is 0 Å². The minimum absolute atomic E-state index is 0.0799. The summed E-state index contributed by atoms with van der Waals surface area (Å²) in [5.41, 5.74) is 1.37. The van der Waals surface area contributed by atoms with Crippen molar-refractivity contribution < 1.29 is 9.53 Å². The zero-order valence-corrected chi connectivity index (χ0v) is 13.2. The second-order valence-corrected chi connectivity index (χ2v) is 7.31. The van der Waals surface area contributed by atoms with Crippen LogP contribution in [0, 0.1) is 16.7 Å². The highest BCUT2D eigenvalue weighted by Gasteiger charge is 2.62. The summed E-state index contributed by atoms with van der Waals surface area (Å²) in [6.45, 7) is 7.20. The van der Waals surface area contributed by atoms with Crippen molar-refractivity contribution in [3.05, 3.63) is 30.3 Å². The lowest BCUT2D eigenvalue weighted by atomic mass is 9.70. The van der Waals surface area contributed by atoms with Gasteiger partial charge in [0.1, 0.15) is 12.6 Å². The lowest BCUT2D eigenvalue weighted by molar-refractivity contribution is -0.154. The van der Waals surface area contributed by atoms with Crippen molar-refractivity contribution in [2.24, 2.45) is 16.7 Å². The SMILES string of the molecule is CC1(C)[C@@H]2CC[C@]1(C)[C@H](OC(=O)CNc1ccccc1)C2. The third-order valence-electron chi connectivity index (χ3n) is 6.20. The first kappa shape index (κ1) is 14.4. The van der Waals surface area contributed by atoms with Crippen molar-refractivity contribution in [1.82, 2.24) is 0 Å². The molecule has 0 aliphatic heterocycles. The zero-order chi connectivity index (χ0) is 15.1. The van der Waals surface area contributed by atoms with E-state index in [1.165, 1.54) is 12.8 Å². The number of para-hydroxylation sites is 1. The Morgan fingerprint density at radius 1 is 1.29 bits per heavy atom. The summed E-state index contributed by atoms with van der Waals surface area (Å²) in [6, 6.07) is 9.77. The minimum atomic E-state index is -0.145. The highest BCUT2D eigenvalue weighted by atomic mass is 16.5. The molecule has 0 unspecified atom stereocenters. The number of rotatable bonds is 4. The summed E-state index contributed by atoms with van der Waals surface area (Å²) in [4.78, 5) is 12.1. The van der Waals surface area contributed by atoms with Crippen molar-refractivity contribution in [3.63, 3.8) is 0 Å². The lowest BCUT2D eigenvalue weighted by Gasteiger charge is -2.38. The molecule has 0 amide bonds. The third kappa shape index (κ3) is 2.33. The molecule has 1 aromatic carbocycles. The summed E-state index contributed by atoms with van der Waals surface area (Å²) in [7, 11) is 0. The molecule has 3 atom stereocenters. The zero-order valence-electron chi connectivity index (χ0n) is 13.2. The smallest absolute Gasteiger partial charge is 0.325 e. The van der Waals surface area contributed by atoms with Crippen LogP contribution in [0.2, 0.25) is 0 Å². The second-order valence-electron chi connectivity index (χ2n) is 7.31. The Morgan fingerprint density at radius 3 is 2.57 bits per heavy atom. The van der Waals surface area contributed by atoms with E-state index in [2.05, 4.69) is 26.1 Å². The normalized spacial score (nSPS) is 32.9. The molecule has 2 fully saturated rings. The van der Waals surface area contributed by atoms with E-state index in [0.29, 0.717) is 5.92 Å². The molecule has 0 radical (unpaired) electrons. The summed E-state index contributed by atoms with van der Waals surface area (Å²) >= 11 is 0. The van der Waals surface area contributed by atoms with Gasteiger partial charge in [0.25, 0.3) is 0 Å². The van der Waals surface area contributed by atoms with Crippen LogP contribution in [0.1, 0.15) is 40.0 Å². The van der Waals surface area contributed by atoms with E-state index >= 15 is 0 Å². The highest BCUT2D eigenvalue weighted by Crippen LogP contribution is 2.66. The monoisotopic (exact) mass is 287 g/mol. The maximum atomic E-state index is 12.1. The Kier molecular flexibility index (Phi) is 3.46. The van der Waals surface area contributed by atoms with Gasteiger partial charge in [-0.3, -0.25) is 4.79 Å². The van der Waals surface area contributed by atoms with Crippen LogP contribution < -0.4 is 5.32 Å². The van der Waals surface area contributed by atoms with Gasteiger partial charge < -0.3 is 10.1 Å². The van der Waals surface area contributed by atoms with Crippen molar-refractivity contribution in [2.75, 3.05) is 11.9 Å². The van der Waals surface area contributed by atoms with Crippen LogP contribution in [-0.2, 0) is 9.53 Å². The van der Waals surface area contributed by atoms with E-state index < -0.39 is 0 Å². The summed E-state index contributed by atoms with van der Waals surface area (Å²) in [6.07, 6.45) is 3.56. The van der Waals surface area contributed by atoms with Gasteiger partial charge in [-0.2, -0.15) is 0 Å². The topological polar surface area (TPSA) is 38.3 Å². The van der Waals surface area contributed by atoms with Gasteiger partial charge in [0.2, 0.25) is 0 Å². The number of fused-ring (bicyclic) bond motifs is 2. The average Bonchev–Trinajstić information content (AvgIpc) is 2.79. The predicted octanol–water partition coefficient (Wildman–Crippen LogP) is 3.86. The molecular formula is C18H25NO2. The van der Waals surface area contributed by atoms with Crippen LogP contribution in [-0.4, -0.2) is 18.6 Å². The molecule has 1 N–H and O–H groups in total. The van der Waals surface area contributed by atoms with Crippen LogP contribution in [0.3, 0.4) is 0 Å². The van der Waals surface area contributed by atoms with E-state index in [1.54, 1.807) is 0 Å². The quantitative estimate of drug-likeness (QED) is 0.855. The standard InChI is InChI=1S/C18H25NO2/c1-17(2)13-9-10-18(17,3)15(11-13)21-16(20)12-19-14-7-5-4-6-8-14/h4-8,13,15,19H,9-12H2,1-3H3/t13-,15-,18-/m1/s1. The fraction of sp³-hybridized carbons (Fsp3) is 0.611. The molecule has 3 rings (SSSR count). The lowest BCUT2D eigenvalue weighted by Crippen LogP contribution is -2.39. The number of ether oxygens (including phenoxy) is 1. The first-order chi connectivity index (χ1) is 9.93. The maximum absolute atomic E-state index is 12.1. The number of esters is 1. The van der Waals surface area contributed by atoms with Gasteiger partial charge in [0, 0.05) is 11.1 Å². The van der Waals surface area contributed by atoms with Crippen LogP contribution >= 0.6 is 0 Å². The fourth-order valence-electron chi connectivity index (χ4n) is 4.24. The van der Waals surface area contributed by atoms with Crippen molar-refractivity contribution in [1.29, 1.82) is 0 Å². The van der Waals surface area contributed by atoms with E-state index in [9.17, 15) is 4.79 Å². The molecule has 1 aromatic rings. The third-order valence-corrected chi connectivity index (χ3v) is 6.20. The Balaban J connectivity index is 1.57. The van der Waals surface area contributed by atoms with E-state index in [0.717, 1.165) is 12.1 Å². The average molecular weight is 287 g/mol. The number of benzene rings is 1. The molecular weight excluding hydrogens is 262 g/mol. The van der Waals surface area contributed by atoms with Crippen LogP contribution in [0.15, 0.2) is 30.3 Å². The largest absolute Gasteiger partial charge is 0.460 e. The molecule has 3 heteroatoms. The Bertz CT molecular complexity index is 525. The minimum Gasteiger partial charge on any atom is -0.460 e. The Morgan fingerprint density at radius 2 is 2.00 bits per heavy atom. The highest BCUT2D eigenvalue weighted by molar-refractivity contribution is 5.75. The number of carbonyl (C=O) groups is 1. The molecule has 0 heterocycles. The number of nitrogens with one attached hydrogen (secondary N) is 1. The van der Waals surface area contributed by atoms with Gasteiger partial charge in [-0.15, -0.1) is 0 Å². The van der Waals surface area contributed by atoms with E-state index in [1.807, 2.05) is 30.3 Å². The van der Waals surface area contributed by atoms with Gasteiger partial charge in [-0.25, -0.2) is 0 Å². The number of hydrogen-bond donors (Lipinski definition) is 1. The van der Waals surface area contributed by atoms with E-state index in [4.69, 9.17) is 4.74 Å². The molecule has 0 spiro atoms. The molecule has 2 bridgehead atoms. The molecule has 21 heavy (non-hydrogen) atoms. The summed E-state index contributed by atoms with van der Waals surface area (Å²) in [5.74, 6) is 0.552. The maximum Gasteiger partial charge on any atom is 0.325 e. The van der Waals surface area contributed by atoms with Crippen molar-refractivity contribution >= 4 is 11.7 Å². The van der Waals surface area contributed by atoms with Gasteiger partial charge in [0.15, 0.2) is 0 Å². The Labute approximate surface area is 127 Å². The number of carbonyl (C=O) groups excluding carboxylic acids is 1. The molecule has 3 nitrogen and oxygen atoms in total. The Hall–Kier alpha value is -1.51. The van der Waals surface area contributed by atoms with E-state index in [-0.39, 0.29) is 29.4 Å². The van der Waals surface area contributed by atoms with Crippen molar-refractivity contribution in [2.45, 2.75) is 46.1 Å². The number of anilines is 1. The summed E-state index contributed by atoms with van der Waals surface area (Å²) < 4.78 is 5.80. The van der Waals surface area contributed by atoms with Crippen LogP contribution in [0.25, 0.3) is 0 Å². The van der Waals surface area contributed by atoms with Gasteiger partial charge >= 0.3 is 5.97 Å². The van der Waals surface area contributed by atoms with Gasteiger partial charge in [-0.1, -0.05) is 39.0 Å². The first-order valence-corrected chi connectivity index (χ1v) is 7.92. The van der Waals surface area contributed by atoms with Crippen LogP contribution in [0.5, 0.6) is 0 Å². The van der Waals surface area contributed by atoms with Gasteiger partial charge in [0.05, 0.1) is 0 Å². The first-order valence-electron chi connectivity index (χ1n) is 7.92. The molecule has 2 saturated carbocycles. The number of hydrogen-bond acceptors (Lipinski definition) is 3. The second kappa shape index (κ2) is 5.04. The molecule has 2 aliphatic rings.